The second-order valence-corrected chi connectivity index (χ2v) is 9.74. The summed E-state index contributed by atoms with van der Waals surface area (Å²) in [5.41, 5.74) is 5.04. The Bertz CT molecular complexity index is 1290. The predicted octanol–water partition coefficient (Wildman–Crippen LogP) is 5.34. The SMILES string of the molecule is CN(Cc1cn(-c2ccccc2)nc1-c1ccc(Cl)cc1)C(=O)c1cccc(CS(C)=O)c1. The van der Waals surface area contributed by atoms with Crippen LogP contribution in [-0.4, -0.2) is 38.1 Å². The lowest BCUT2D eigenvalue weighted by molar-refractivity contribution is 0.0785. The highest BCUT2D eigenvalue weighted by Gasteiger charge is 2.18. The van der Waals surface area contributed by atoms with Crippen molar-refractivity contribution < 1.29 is 9.00 Å². The van der Waals surface area contributed by atoms with E-state index in [4.69, 9.17) is 16.7 Å². The van der Waals surface area contributed by atoms with Gasteiger partial charge in [-0.25, -0.2) is 4.68 Å². The minimum absolute atomic E-state index is 0.103. The van der Waals surface area contributed by atoms with Crippen LogP contribution < -0.4 is 0 Å². The molecule has 0 aliphatic carbocycles. The molecule has 7 heteroatoms. The standard InChI is InChI=1S/C26H24ClN3O2S/c1-29(26(31)21-8-6-7-19(15-21)18-33(2)32)16-22-17-30(24-9-4-3-5-10-24)28-25(22)20-11-13-23(27)14-12-20/h3-15,17H,16,18H2,1-2H3. The molecule has 4 aromatic rings. The van der Waals surface area contributed by atoms with Gasteiger partial charge in [-0.3, -0.25) is 9.00 Å². The van der Waals surface area contributed by atoms with Crippen molar-refractivity contribution in [2.24, 2.45) is 0 Å². The van der Waals surface area contributed by atoms with Gasteiger partial charge in [0.2, 0.25) is 0 Å². The lowest BCUT2D eigenvalue weighted by atomic mass is 10.1. The molecular formula is C26H24ClN3O2S. The Morgan fingerprint density at radius 2 is 1.76 bits per heavy atom. The molecule has 0 fully saturated rings. The Morgan fingerprint density at radius 3 is 2.45 bits per heavy atom. The number of aromatic nitrogens is 2. The summed E-state index contributed by atoms with van der Waals surface area (Å²) >= 11 is 6.08. The highest BCUT2D eigenvalue weighted by molar-refractivity contribution is 7.83. The van der Waals surface area contributed by atoms with Gasteiger partial charge in [-0.15, -0.1) is 0 Å². The fraction of sp³-hybridized carbons (Fsp3) is 0.154. The molecule has 1 atom stereocenters. The lowest BCUT2D eigenvalue weighted by Gasteiger charge is -2.17. The van der Waals surface area contributed by atoms with E-state index in [1.807, 2.05) is 83.7 Å². The first-order chi connectivity index (χ1) is 15.9. The van der Waals surface area contributed by atoms with Crippen LogP contribution in [0.5, 0.6) is 0 Å². The van der Waals surface area contributed by atoms with E-state index >= 15 is 0 Å². The number of para-hydroxylation sites is 1. The molecule has 0 N–H and O–H groups in total. The molecule has 0 radical (unpaired) electrons. The number of hydrogen-bond acceptors (Lipinski definition) is 3. The molecule has 1 heterocycles. The van der Waals surface area contributed by atoms with Crippen molar-refractivity contribution in [3.63, 3.8) is 0 Å². The van der Waals surface area contributed by atoms with E-state index in [1.165, 1.54) is 0 Å². The summed E-state index contributed by atoms with van der Waals surface area (Å²) in [6.45, 7) is 0.383. The summed E-state index contributed by atoms with van der Waals surface area (Å²) < 4.78 is 13.4. The van der Waals surface area contributed by atoms with E-state index in [9.17, 15) is 9.00 Å². The molecule has 0 aliphatic heterocycles. The zero-order chi connectivity index (χ0) is 23.4. The predicted molar refractivity (Wildman–Crippen MR) is 134 cm³/mol. The number of rotatable bonds is 7. The molecule has 1 amide bonds. The fourth-order valence-corrected chi connectivity index (χ4v) is 4.44. The minimum Gasteiger partial charge on any atom is -0.337 e. The third kappa shape index (κ3) is 5.59. The summed E-state index contributed by atoms with van der Waals surface area (Å²) in [5, 5.41) is 5.47. The highest BCUT2D eigenvalue weighted by atomic mass is 35.5. The van der Waals surface area contributed by atoms with Crippen molar-refractivity contribution in [1.82, 2.24) is 14.7 Å². The molecule has 3 aromatic carbocycles. The molecule has 5 nitrogen and oxygen atoms in total. The van der Waals surface area contributed by atoms with Gasteiger partial charge in [0, 0.05) is 64.3 Å². The van der Waals surface area contributed by atoms with Crippen molar-refractivity contribution in [1.29, 1.82) is 0 Å². The molecule has 0 spiro atoms. The number of carbonyl (C=O) groups excluding carboxylic acids is 1. The second-order valence-electron chi connectivity index (χ2n) is 7.87. The first kappa shape index (κ1) is 23.0. The summed E-state index contributed by atoms with van der Waals surface area (Å²) in [6.07, 6.45) is 3.61. The van der Waals surface area contributed by atoms with Crippen LogP contribution in [0.15, 0.2) is 85.1 Å². The minimum atomic E-state index is -0.967. The molecule has 1 aromatic heterocycles. The average molecular weight is 478 g/mol. The molecule has 0 aliphatic rings. The molecule has 168 valence electrons. The van der Waals surface area contributed by atoms with Crippen LogP contribution in [0.4, 0.5) is 0 Å². The molecule has 0 bridgehead atoms. The van der Waals surface area contributed by atoms with Crippen LogP contribution in [-0.2, 0) is 23.1 Å². The zero-order valence-corrected chi connectivity index (χ0v) is 20.0. The molecular weight excluding hydrogens is 454 g/mol. The Labute approximate surface area is 201 Å². The smallest absolute Gasteiger partial charge is 0.253 e. The topological polar surface area (TPSA) is 55.2 Å². The van der Waals surface area contributed by atoms with Crippen molar-refractivity contribution in [2.75, 3.05) is 13.3 Å². The maximum absolute atomic E-state index is 13.2. The molecule has 0 saturated carbocycles. The van der Waals surface area contributed by atoms with Crippen LogP contribution in [0.1, 0.15) is 21.5 Å². The van der Waals surface area contributed by atoms with Gasteiger partial charge in [0.15, 0.2) is 0 Å². The van der Waals surface area contributed by atoms with Gasteiger partial charge in [-0.1, -0.05) is 54.1 Å². The van der Waals surface area contributed by atoms with E-state index in [0.717, 1.165) is 28.1 Å². The Balaban J connectivity index is 1.65. The number of benzene rings is 3. The van der Waals surface area contributed by atoms with Crippen LogP contribution >= 0.6 is 11.6 Å². The summed E-state index contributed by atoms with van der Waals surface area (Å²) in [5.74, 6) is 0.323. The highest BCUT2D eigenvalue weighted by Crippen LogP contribution is 2.26. The summed E-state index contributed by atoms with van der Waals surface area (Å²) in [4.78, 5) is 14.8. The van der Waals surface area contributed by atoms with E-state index in [2.05, 4.69) is 0 Å². The van der Waals surface area contributed by atoms with E-state index in [-0.39, 0.29) is 5.91 Å². The molecule has 0 saturated heterocycles. The summed E-state index contributed by atoms with van der Waals surface area (Å²) in [6, 6.07) is 24.7. The zero-order valence-electron chi connectivity index (χ0n) is 18.4. The van der Waals surface area contributed by atoms with Gasteiger partial charge in [0.05, 0.1) is 11.4 Å². The average Bonchev–Trinajstić information content (AvgIpc) is 3.23. The molecule has 33 heavy (non-hydrogen) atoms. The Hall–Kier alpha value is -3.22. The normalized spacial score (nSPS) is 11.8. The first-order valence-electron chi connectivity index (χ1n) is 10.4. The first-order valence-corrected chi connectivity index (χ1v) is 12.6. The van der Waals surface area contributed by atoms with Gasteiger partial charge < -0.3 is 4.90 Å². The number of nitrogens with zero attached hydrogens (tertiary/aromatic N) is 3. The van der Waals surface area contributed by atoms with Crippen LogP contribution in [0.25, 0.3) is 16.9 Å². The van der Waals surface area contributed by atoms with Gasteiger partial charge in [-0.2, -0.15) is 5.10 Å². The van der Waals surface area contributed by atoms with E-state index in [0.29, 0.717) is 22.9 Å². The maximum atomic E-state index is 13.2. The number of hydrogen-bond donors (Lipinski definition) is 0. The third-order valence-electron chi connectivity index (χ3n) is 5.23. The summed E-state index contributed by atoms with van der Waals surface area (Å²) in [7, 11) is 0.809. The Kier molecular flexibility index (Phi) is 7.06. The monoisotopic (exact) mass is 477 g/mol. The molecule has 1 unspecified atom stereocenters. The van der Waals surface area contributed by atoms with E-state index < -0.39 is 10.8 Å². The quantitative estimate of drug-likeness (QED) is 0.361. The third-order valence-corrected chi connectivity index (χ3v) is 6.22. The van der Waals surface area contributed by atoms with Crippen LogP contribution in [0, 0.1) is 0 Å². The van der Waals surface area contributed by atoms with E-state index in [1.54, 1.807) is 24.3 Å². The van der Waals surface area contributed by atoms with Gasteiger partial charge in [-0.05, 0) is 42.0 Å². The fourth-order valence-electron chi connectivity index (χ4n) is 3.67. The maximum Gasteiger partial charge on any atom is 0.253 e. The van der Waals surface area contributed by atoms with Gasteiger partial charge in [0.25, 0.3) is 5.91 Å². The van der Waals surface area contributed by atoms with Gasteiger partial charge >= 0.3 is 0 Å². The van der Waals surface area contributed by atoms with Crippen molar-refractivity contribution in [3.8, 4) is 16.9 Å². The van der Waals surface area contributed by atoms with Crippen molar-refractivity contribution in [2.45, 2.75) is 12.3 Å². The van der Waals surface area contributed by atoms with Crippen molar-refractivity contribution >= 4 is 28.3 Å². The number of amides is 1. The van der Waals surface area contributed by atoms with Crippen LogP contribution in [0.3, 0.4) is 0 Å². The largest absolute Gasteiger partial charge is 0.337 e. The second kappa shape index (κ2) is 10.1. The molecule has 4 rings (SSSR count). The number of carbonyl (C=O) groups is 1. The number of halogens is 1. The van der Waals surface area contributed by atoms with Gasteiger partial charge in [0.1, 0.15) is 0 Å². The van der Waals surface area contributed by atoms with Crippen LogP contribution in [0.2, 0.25) is 5.02 Å². The lowest BCUT2D eigenvalue weighted by Crippen LogP contribution is -2.26. The Morgan fingerprint density at radius 1 is 1.03 bits per heavy atom. The van der Waals surface area contributed by atoms with Crippen molar-refractivity contribution in [3.05, 3.63) is 107 Å².